The fraction of sp³-hybridized carbons (Fsp3) is 0.833. The predicted octanol–water partition coefficient (Wildman–Crippen LogP) is 2.22. The first-order chi connectivity index (χ1) is 7.46. The molecule has 0 amide bonds. The van der Waals surface area contributed by atoms with Crippen molar-refractivity contribution >= 4 is 11.9 Å². The molecular weight excluding hydrogens is 208 g/mol. The summed E-state index contributed by atoms with van der Waals surface area (Å²) in [4.78, 5) is 22.3. The number of aliphatic carboxylic acids is 1. The number of esters is 1. The van der Waals surface area contributed by atoms with Crippen molar-refractivity contribution in [3.05, 3.63) is 0 Å². The number of carboxylic acid groups (broad SMARTS) is 1. The summed E-state index contributed by atoms with van der Waals surface area (Å²) in [5.74, 6) is -0.520. The van der Waals surface area contributed by atoms with Crippen molar-refractivity contribution < 1.29 is 19.4 Å². The Bertz CT molecular complexity index is 272. The lowest BCUT2D eigenvalue weighted by Gasteiger charge is -2.24. The fourth-order valence-corrected chi connectivity index (χ4v) is 2.08. The van der Waals surface area contributed by atoms with Crippen LogP contribution < -0.4 is 0 Å². The molecule has 0 radical (unpaired) electrons. The molecule has 92 valence electrons. The number of rotatable bonds is 6. The van der Waals surface area contributed by atoms with Crippen LogP contribution in [-0.2, 0) is 14.3 Å². The molecule has 0 aromatic rings. The monoisotopic (exact) mass is 228 g/mol. The molecule has 1 atom stereocenters. The van der Waals surface area contributed by atoms with Crippen LogP contribution in [0.1, 0.15) is 46.0 Å². The van der Waals surface area contributed by atoms with Crippen LogP contribution in [0.25, 0.3) is 0 Å². The van der Waals surface area contributed by atoms with Gasteiger partial charge in [0.25, 0.3) is 0 Å². The maximum Gasteiger partial charge on any atom is 0.312 e. The summed E-state index contributed by atoms with van der Waals surface area (Å²) >= 11 is 0. The molecule has 1 N–H and O–H groups in total. The molecule has 0 spiro atoms. The zero-order valence-electron chi connectivity index (χ0n) is 9.99. The number of carbonyl (C=O) groups is 2. The highest BCUT2D eigenvalue weighted by molar-refractivity contribution is 5.79. The summed E-state index contributed by atoms with van der Waals surface area (Å²) in [5, 5.41) is 8.70. The Morgan fingerprint density at radius 1 is 1.50 bits per heavy atom. The Kier molecular flexibility index (Phi) is 4.33. The third-order valence-corrected chi connectivity index (χ3v) is 3.26. The first kappa shape index (κ1) is 13.0. The van der Waals surface area contributed by atoms with Gasteiger partial charge in [0.05, 0.1) is 12.0 Å². The van der Waals surface area contributed by atoms with Gasteiger partial charge in [-0.3, -0.25) is 9.59 Å². The predicted molar refractivity (Wildman–Crippen MR) is 59.0 cm³/mol. The van der Waals surface area contributed by atoms with E-state index in [2.05, 4.69) is 13.8 Å². The standard InChI is InChI=1S/C12H20O4/c1-9(2)3-5-12(6-4-10(13)14)7-8-16-11(12)15/h9H,3-8H2,1-2H3,(H,13,14)/t12-/m1/s1. The third kappa shape index (κ3) is 3.22. The Morgan fingerprint density at radius 2 is 2.19 bits per heavy atom. The lowest BCUT2D eigenvalue weighted by atomic mass is 9.76. The highest BCUT2D eigenvalue weighted by atomic mass is 16.5. The Labute approximate surface area is 96.0 Å². The minimum Gasteiger partial charge on any atom is -0.481 e. The molecule has 1 rings (SSSR count). The van der Waals surface area contributed by atoms with Crippen LogP contribution in [0.2, 0.25) is 0 Å². The molecule has 1 heterocycles. The van der Waals surface area contributed by atoms with Gasteiger partial charge in [0.15, 0.2) is 0 Å². The average Bonchev–Trinajstić information content (AvgIpc) is 2.55. The van der Waals surface area contributed by atoms with Gasteiger partial charge < -0.3 is 9.84 Å². The van der Waals surface area contributed by atoms with Crippen molar-refractivity contribution in [3.63, 3.8) is 0 Å². The van der Waals surface area contributed by atoms with E-state index in [9.17, 15) is 9.59 Å². The van der Waals surface area contributed by atoms with Gasteiger partial charge >= 0.3 is 11.9 Å². The lowest BCUT2D eigenvalue weighted by Crippen LogP contribution is -2.28. The molecule has 1 aliphatic heterocycles. The first-order valence-corrected chi connectivity index (χ1v) is 5.85. The molecule has 0 aromatic carbocycles. The second-order valence-electron chi connectivity index (χ2n) is 4.99. The maximum atomic E-state index is 11.7. The van der Waals surface area contributed by atoms with Crippen LogP contribution in [-0.4, -0.2) is 23.7 Å². The minimum absolute atomic E-state index is 0.0488. The van der Waals surface area contributed by atoms with E-state index in [4.69, 9.17) is 9.84 Å². The van der Waals surface area contributed by atoms with Crippen molar-refractivity contribution in [2.45, 2.75) is 46.0 Å². The van der Waals surface area contributed by atoms with Gasteiger partial charge in [0, 0.05) is 6.42 Å². The SMILES string of the molecule is CC(C)CC[C@@]1(CCC(=O)O)CCOC1=O. The lowest BCUT2D eigenvalue weighted by molar-refractivity contribution is -0.147. The summed E-state index contributed by atoms with van der Waals surface area (Å²) in [5.41, 5.74) is -0.525. The van der Waals surface area contributed by atoms with Crippen molar-refractivity contribution in [1.29, 1.82) is 0 Å². The number of hydrogen-bond donors (Lipinski definition) is 1. The summed E-state index contributed by atoms with van der Waals surface area (Å²) < 4.78 is 5.00. The number of hydrogen-bond acceptors (Lipinski definition) is 3. The van der Waals surface area contributed by atoms with E-state index in [-0.39, 0.29) is 12.4 Å². The van der Waals surface area contributed by atoms with Gasteiger partial charge in [-0.15, -0.1) is 0 Å². The van der Waals surface area contributed by atoms with Crippen molar-refractivity contribution in [2.75, 3.05) is 6.61 Å². The van der Waals surface area contributed by atoms with Crippen LogP contribution >= 0.6 is 0 Å². The Morgan fingerprint density at radius 3 is 2.62 bits per heavy atom. The summed E-state index contributed by atoms with van der Waals surface area (Å²) in [6, 6.07) is 0. The normalized spacial score (nSPS) is 24.8. The molecule has 0 saturated carbocycles. The van der Waals surface area contributed by atoms with Gasteiger partial charge in [-0.25, -0.2) is 0 Å². The number of carboxylic acids is 1. The number of carbonyl (C=O) groups excluding carboxylic acids is 1. The molecule has 1 aliphatic rings. The molecule has 0 bridgehead atoms. The molecule has 16 heavy (non-hydrogen) atoms. The van der Waals surface area contributed by atoms with Crippen molar-refractivity contribution in [1.82, 2.24) is 0 Å². The molecular formula is C12H20O4. The smallest absolute Gasteiger partial charge is 0.312 e. The Balaban J connectivity index is 2.61. The van der Waals surface area contributed by atoms with Gasteiger partial charge in [-0.05, 0) is 31.6 Å². The van der Waals surface area contributed by atoms with E-state index in [1.165, 1.54) is 0 Å². The zero-order chi connectivity index (χ0) is 12.2. The van der Waals surface area contributed by atoms with E-state index < -0.39 is 11.4 Å². The van der Waals surface area contributed by atoms with Crippen LogP contribution in [0.5, 0.6) is 0 Å². The quantitative estimate of drug-likeness (QED) is 0.708. The molecule has 1 fully saturated rings. The maximum absolute atomic E-state index is 11.7. The van der Waals surface area contributed by atoms with E-state index >= 15 is 0 Å². The molecule has 0 unspecified atom stereocenters. The minimum atomic E-state index is -0.844. The molecule has 0 aromatic heterocycles. The van der Waals surface area contributed by atoms with Crippen LogP contribution in [0.4, 0.5) is 0 Å². The molecule has 1 saturated heterocycles. The van der Waals surface area contributed by atoms with Crippen molar-refractivity contribution in [3.8, 4) is 0 Å². The summed E-state index contributed by atoms with van der Waals surface area (Å²) in [6.07, 6.45) is 2.82. The second-order valence-corrected chi connectivity index (χ2v) is 4.99. The molecule has 0 aliphatic carbocycles. The highest BCUT2D eigenvalue weighted by Crippen LogP contribution is 2.40. The topological polar surface area (TPSA) is 63.6 Å². The fourth-order valence-electron chi connectivity index (χ4n) is 2.08. The third-order valence-electron chi connectivity index (χ3n) is 3.26. The van der Waals surface area contributed by atoms with Gasteiger partial charge in [-0.1, -0.05) is 13.8 Å². The Hall–Kier alpha value is -1.06. The first-order valence-electron chi connectivity index (χ1n) is 5.85. The van der Waals surface area contributed by atoms with Crippen LogP contribution in [0.3, 0.4) is 0 Å². The van der Waals surface area contributed by atoms with Gasteiger partial charge in [-0.2, -0.15) is 0 Å². The van der Waals surface area contributed by atoms with Crippen LogP contribution in [0, 0.1) is 11.3 Å². The second kappa shape index (κ2) is 5.32. The number of ether oxygens (including phenoxy) is 1. The highest BCUT2D eigenvalue weighted by Gasteiger charge is 2.43. The van der Waals surface area contributed by atoms with Gasteiger partial charge in [0.2, 0.25) is 0 Å². The molecule has 4 heteroatoms. The summed E-state index contributed by atoms with van der Waals surface area (Å²) in [6.45, 7) is 4.65. The van der Waals surface area contributed by atoms with E-state index in [0.717, 1.165) is 12.8 Å². The summed E-state index contributed by atoms with van der Waals surface area (Å²) in [7, 11) is 0. The van der Waals surface area contributed by atoms with E-state index in [0.29, 0.717) is 25.4 Å². The van der Waals surface area contributed by atoms with Crippen LogP contribution in [0.15, 0.2) is 0 Å². The van der Waals surface area contributed by atoms with E-state index in [1.54, 1.807) is 0 Å². The number of cyclic esters (lactones) is 1. The van der Waals surface area contributed by atoms with Gasteiger partial charge in [0.1, 0.15) is 0 Å². The zero-order valence-corrected chi connectivity index (χ0v) is 9.99. The average molecular weight is 228 g/mol. The molecule has 4 nitrogen and oxygen atoms in total. The van der Waals surface area contributed by atoms with Crippen molar-refractivity contribution in [2.24, 2.45) is 11.3 Å². The van der Waals surface area contributed by atoms with E-state index in [1.807, 2.05) is 0 Å². The largest absolute Gasteiger partial charge is 0.481 e.